The molecule has 0 saturated heterocycles. The summed E-state index contributed by atoms with van der Waals surface area (Å²) in [5.74, 6) is 0.181. The molecule has 124 valence electrons. The predicted molar refractivity (Wildman–Crippen MR) is 86.7 cm³/mol. The van der Waals surface area contributed by atoms with E-state index in [1.54, 1.807) is 6.07 Å². The van der Waals surface area contributed by atoms with Gasteiger partial charge in [-0.1, -0.05) is 12.8 Å². The molecule has 1 atom stereocenters. The molecule has 1 amide bonds. The lowest BCUT2D eigenvalue weighted by Gasteiger charge is -2.28. The number of nitrogens with two attached hydrogens (primary N) is 1. The molecule has 1 aromatic carbocycles. The van der Waals surface area contributed by atoms with Gasteiger partial charge in [-0.2, -0.15) is 0 Å². The summed E-state index contributed by atoms with van der Waals surface area (Å²) in [7, 11) is 1.53. The van der Waals surface area contributed by atoms with Crippen LogP contribution in [-0.2, 0) is 4.79 Å². The molecule has 0 aromatic heterocycles. The van der Waals surface area contributed by atoms with Crippen LogP contribution in [0.3, 0.4) is 0 Å². The number of rotatable bonds is 5. The van der Waals surface area contributed by atoms with Gasteiger partial charge in [0.15, 0.2) is 0 Å². The number of hydrogen-bond acceptors (Lipinski definition) is 3. The number of nitrogens with one attached hydrogen (secondary N) is 1. The van der Waals surface area contributed by atoms with E-state index in [0.29, 0.717) is 17.9 Å². The molecule has 1 unspecified atom stereocenters. The van der Waals surface area contributed by atoms with Gasteiger partial charge in [0.05, 0.1) is 18.6 Å². The molecule has 1 aliphatic rings. The maximum atomic E-state index is 13.4. The van der Waals surface area contributed by atoms with E-state index in [1.807, 2.05) is 6.92 Å². The van der Waals surface area contributed by atoms with Crippen LogP contribution in [0.2, 0.25) is 0 Å². The molecule has 2 rings (SSSR count). The summed E-state index contributed by atoms with van der Waals surface area (Å²) in [5.41, 5.74) is 5.99. The summed E-state index contributed by atoms with van der Waals surface area (Å²) >= 11 is 0. The topological polar surface area (TPSA) is 64.3 Å². The van der Waals surface area contributed by atoms with Gasteiger partial charge in [-0.15, -0.1) is 12.4 Å². The molecule has 4 nitrogen and oxygen atoms in total. The van der Waals surface area contributed by atoms with E-state index in [0.717, 1.165) is 25.7 Å². The van der Waals surface area contributed by atoms with Crippen molar-refractivity contribution in [3.05, 3.63) is 29.6 Å². The highest BCUT2D eigenvalue weighted by Gasteiger charge is 2.40. The quantitative estimate of drug-likeness (QED) is 0.872. The molecule has 6 heteroatoms. The van der Waals surface area contributed by atoms with Crippen LogP contribution in [0.25, 0.3) is 0 Å². The van der Waals surface area contributed by atoms with Gasteiger partial charge in [0.1, 0.15) is 11.6 Å². The lowest BCUT2D eigenvalue weighted by Crippen LogP contribution is -2.45. The molecule has 1 saturated carbocycles. The van der Waals surface area contributed by atoms with Crippen LogP contribution >= 0.6 is 12.4 Å². The Hall–Kier alpha value is -1.33. The van der Waals surface area contributed by atoms with Crippen LogP contribution in [0.15, 0.2) is 18.2 Å². The van der Waals surface area contributed by atoms with E-state index in [2.05, 4.69) is 5.32 Å². The SMILES string of the molecule is COc1ccc(F)cc1C(C)NC(=O)C1(CN)CCCC1.Cl. The highest BCUT2D eigenvalue weighted by molar-refractivity contribution is 5.85. The number of carbonyl (C=O) groups excluding carboxylic acids is 1. The molecule has 22 heavy (non-hydrogen) atoms. The van der Waals surface area contributed by atoms with Crippen LogP contribution < -0.4 is 15.8 Å². The zero-order valence-electron chi connectivity index (χ0n) is 13.0. The van der Waals surface area contributed by atoms with Crippen LogP contribution in [0.5, 0.6) is 5.75 Å². The van der Waals surface area contributed by atoms with Crippen molar-refractivity contribution in [1.29, 1.82) is 0 Å². The van der Waals surface area contributed by atoms with Crippen molar-refractivity contribution in [1.82, 2.24) is 5.32 Å². The van der Waals surface area contributed by atoms with Gasteiger partial charge in [-0.3, -0.25) is 4.79 Å². The zero-order chi connectivity index (χ0) is 15.5. The van der Waals surface area contributed by atoms with Gasteiger partial charge in [0.25, 0.3) is 0 Å². The number of hydrogen-bond donors (Lipinski definition) is 2. The fraction of sp³-hybridized carbons (Fsp3) is 0.562. The van der Waals surface area contributed by atoms with Crippen LogP contribution in [0.4, 0.5) is 4.39 Å². The number of halogens is 2. The number of ether oxygens (including phenoxy) is 1. The molecule has 1 aliphatic carbocycles. The summed E-state index contributed by atoms with van der Waals surface area (Å²) in [4.78, 5) is 12.5. The number of amides is 1. The van der Waals surface area contributed by atoms with Gasteiger partial charge < -0.3 is 15.8 Å². The average molecular weight is 331 g/mol. The molecule has 1 fully saturated rings. The number of carbonyl (C=O) groups is 1. The van der Waals surface area contributed by atoms with Crippen molar-refractivity contribution in [2.24, 2.45) is 11.1 Å². The van der Waals surface area contributed by atoms with Gasteiger partial charge in [-0.25, -0.2) is 4.39 Å². The smallest absolute Gasteiger partial charge is 0.227 e. The summed E-state index contributed by atoms with van der Waals surface area (Å²) in [6, 6.07) is 3.98. The minimum Gasteiger partial charge on any atom is -0.496 e. The Morgan fingerprint density at radius 3 is 2.64 bits per heavy atom. The summed E-state index contributed by atoms with van der Waals surface area (Å²) in [5, 5.41) is 2.97. The Kier molecular flexibility index (Phi) is 6.63. The Balaban J connectivity index is 0.00000242. The second kappa shape index (κ2) is 7.79. The molecular weight excluding hydrogens is 307 g/mol. The maximum absolute atomic E-state index is 13.4. The summed E-state index contributed by atoms with van der Waals surface area (Å²) in [6.07, 6.45) is 3.70. The molecule has 0 aliphatic heterocycles. The normalized spacial score (nSPS) is 17.5. The second-order valence-electron chi connectivity index (χ2n) is 5.77. The van der Waals surface area contributed by atoms with Crippen molar-refractivity contribution >= 4 is 18.3 Å². The highest BCUT2D eigenvalue weighted by atomic mass is 35.5. The van der Waals surface area contributed by atoms with Crippen molar-refractivity contribution in [3.63, 3.8) is 0 Å². The Bertz CT molecular complexity index is 519. The number of benzene rings is 1. The Morgan fingerprint density at radius 2 is 2.09 bits per heavy atom. The van der Waals surface area contributed by atoms with E-state index in [4.69, 9.17) is 10.5 Å². The lowest BCUT2D eigenvalue weighted by molar-refractivity contribution is -0.131. The second-order valence-corrected chi connectivity index (χ2v) is 5.77. The molecule has 0 radical (unpaired) electrons. The Labute approximate surface area is 137 Å². The van der Waals surface area contributed by atoms with E-state index in [9.17, 15) is 9.18 Å². The first-order chi connectivity index (χ1) is 10.0. The lowest BCUT2D eigenvalue weighted by atomic mass is 9.85. The van der Waals surface area contributed by atoms with E-state index < -0.39 is 5.41 Å². The van der Waals surface area contributed by atoms with Gasteiger partial charge in [0, 0.05) is 12.1 Å². The first-order valence-electron chi connectivity index (χ1n) is 7.37. The van der Waals surface area contributed by atoms with Crippen LogP contribution in [0.1, 0.15) is 44.2 Å². The standard InChI is InChI=1S/C16H23FN2O2.ClH/c1-11(13-9-12(17)5-6-14(13)21-2)19-15(20)16(10-18)7-3-4-8-16;/h5-6,9,11H,3-4,7-8,10,18H2,1-2H3,(H,19,20);1H. The zero-order valence-corrected chi connectivity index (χ0v) is 13.8. The average Bonchev–Trinajstić information content (AvgIpc) is 2.97. The minimum absolute atomic E-state index is 0. The highest BCUT2D eigenvalue weighted by Crippen LogP contribution is 2.38. The van der Waals surface area contributed by atoms with Gasteiger partial charge in [0.2, 0.25) is 5.91 Å². The fourth-order valence-electron chi connectivity index (χ4n) is 3.05. The number of methoxy groups -OCH3 is 1. The maximum Gasteiger partial charge on any atom is 0.227 e. The van der Waals surface area contributed by atoms with E-state index in [-0.39, 0.29) is 30.2 Å². The summed E-state index contributed by atoms with van der Waals surface area (Å²) < 4.78 is 18.7. The monoisotopic (exact) mass is 330 g/mol. The van der Waals surface area contributed by atoms with Crippen LogP contribution in [-0.4, -0.2) is 19.6 Å². The van der Waals surface area contributed by atoms with Gasteiger partial charge >= 0.3 is 0 Å². The Morgan fingerprint density at radius 1 is 1.45 bits per heavy atom. The molecule has 1 aromatic rings. The predicted octanol–water partition coefficient (Wildman–Crippen LogP) is 2.95. The summed E-state index contributed by atoms with van der Waals surface area (Å²) in [6.45, 7) is 2.18. The van der Waals surface area contributed by atoms with Crippen molar-refractivity contribution < 1.29 is 13.9 Å². The molecular formula is C16H24ClFN2O2. The molecule has 3 N–H and O–H groups in total. The van der Waals surface area contributed by atoms with E-state index >= 15 is 0 Å². The largest absolute Gasteiger partial charge is 0.496 e. The molecule has 0 heterocycles. The minimum atomic E-state index is -0.463. The molecule has 0 bridgehead atoms. The van der Waals surface area contributed by atoms with Crippen molar-refractivity contribution in [3.8, 4) is 5.75 Å². The van der Waals surface area contributed by atoms with Gasteiger partial charge in [-0.05, 0) is 38.0 Å². The van der Waals surface area contributed by atoms with Crippen molar-refractivity contribution in [2.45, 2.75) is 38.6 Å². The van der Waals surface area contributed by atoms with Crippen LogP contribution in [0, 0.1) is 11.2 Å². The first kappa shape index (κ1) is 18.7. The first-order valence-corrected chi connectivity index (χ1v) is 7.37. The fourth-order valence-corrected chi connectivity index (χ4v) is 3.05. The van der Waals surface area contributed by atoms with E-state index in [1.165, 1.54) is 19.2 Å². The third-order valence-corrected chi connectivity index (χ3v) is 4.44. The van der Waals surface area contributed by atoms with Crippen molar-refractivity contribution in [2.75, 3.05) is 13.7 Å². The third-order valence-electron chi connectivity index (χ3n) is 4.44. The third kappa shape index (κ3) is 3.70. The molecule has 0 spiro atoms.